The number of hydrogen-bond acceptors (Lipinski definition) is 5. The van der Waals surface area contributed by atoms with Gasteiger partial charge in [0.25, 0.3) is 11.8 Å². The van der Waals surface area contributed by atoms with E-state index in [-0.39, 0.29) is 11.4 Å². The van der Waals surface area contributed by atoms with Crippen LogP contribution in [0.3, 0.4) is 0 Å². The summed E-state index contributed by atoms with van der Waals surface area (Å²) in [6, 6.07) is 5.04. The van der Waals surface area contributed by atoms with E-state index in [1.165, 1.54) is 19.2 Å². The number of ether oxygens (including phenoxy) is 1. The fourth-order valence-electron chi connectivity index (χ4n) is 2.46. The summed E-state index contributed by atoms with van der Waals surface area (Å²) < 4.78 is 58.0. The predicted octanol–water partition coefficient (Wildman–Crippen LogP) is 3.98. The van der Waals surface area contributed by atoms with Crippen LogP contribution in [-0.4, -0.2) is 21.1 Å². The van der Waals surface area contributed by atoms with Gasteiger partial charge in [-0.3, -0.25) is 9.59 Å². The van der Waals surface area contributed by atoms with E-state index in [1.54, 1.807) is 6.92 Å². The van der Waals surface area contributed by atoms with Crippen molar-refractivity contribution in [2.24, 2.45) is 0 Å². The smallest absolute Gasteiger partial charge is 0.435 e. The summed E-state index contributed by atoms with van der Waals surface area (Å²) in [5.41, 5.74) is -1.60. The molecule has 0 atom stereocenters. The number of nitrogens with zero attached hydrogens (tertiary/aromatic N) is 2. The number of aromatic amines is 1. The van der Waals surface area contributed by atoms with E-state index in [0.717, 1.165) is 18.2 Å². The van der Waals surface area contributed by atoms with Gasteiger partial charge in [-0.1, -0.05) is 0 Å². The summed E-state index contributed by atoms with van der Waals surface area (Å²) in [5, 5.41) is 8.82. The number of aromatic nitrogens is 3. The molecule has 0 saturated carbocycles. The van der Waals surface area contributed by atoms with Crippen LogP contribution >= 0.6 is 0 Å². The SMILES string of the molecule is Cc1c[nH]c(=O)cc1NC(=O)c1cc(C(F)(F)F)nnc1Oc1ccc(F)cc1C. The molecule has 0 unspecified atom stereocenters. The largest absolute Gasteiger partial charge is 0.437 e. The third-order valence-corrected chi connectivity index (χ3v) is 4.02. The minimum atomic E-state index is -4.85. The number of carbonyl (C=O) groups excluding carboxylic acids is 1. The molecule has 2 aromatic heterocycles. The van der Waals surface area contributed by atoms with Gasteiger partial charge in [-0.25, -0.2) is 4.39 Å². The molecule has 0 aliphatic carbocycles. The Hall–Kier alpha value is -3.76. The molecule has 156 valence electrons. The first-order chi connectivity index (χ1) is 14.0. The fraction of sp³-hybridized carbons (Fsp3) is 0.158. The van der Waals surface area contributed by atoms with E-state index >= 15 is 0 Å². The van der Waals surface area contributed by atoms with Crippen LogP contribution in [0.25, 0.3) is 0 Å². The number of carbonyl (C=O) groups is 1. The number of benzene rings is 1. The second-order valence-electron chi connectivity index (χ2n) is 6.31. The molecular weight excluding hydrogens is 408 g/mol. The number of H-pyrrole nitrogens is 1. The van der Waals surface area contributed by atoms with Crippen molar-refractivity contribution < 1.29 is 27.1 Å². The second kappa shape index (κ2) is 7.93. The molecule has 0 spiro atoms. The zero-order valence-electron chi connectivity index (χ0n) is 15.6. The first-order valence-electron chi connectivity index (χ1n) is 8.44. The number of halogens is 4. The summed E-state index contributed by atoms with van der Waals surface area (Å²) >= 11 is 0. The molecule has 7 nitrogen and oxygen atoms in total. The molecule has 0 aliphatic heterocycles. The van der Waals surface area contributed by atoms with Crippen molar-refractivity contribution in [2.45, 2.75) is 20.0 Å². The molecule has 1 aromatic carbocycles. The Balaban J connectivity index is 2.03. The molecule has 3 aromatic rings. The Bertz CT molecular complexity index is 1180. The second-order valence-corrected chi connectivity index (χ2v) is 6.31. The summed E-state index contributed by atoms with van der Waals surface area (Å²) in [4.78, 5) is 26.6. The maximum atomic E-state index is 13.3. The van der Waals surface area contributed by atoms with Gasteiger partial charge in [-0.2, -0.15) is 13.2 Å². The highest BCUT2D eigenvalue weighted by atomic mass is 19.4. The number of alkyl halides is 3. The van der Waals surface area contributed by atoms with Gasteiger partial charge in [0.05, 0.1) is 5.69 Å². The molecule has 3 rings (SSSR count). The Morgan fingerprint density at radius 1 is 1.10 bits per heavy atom. The Morgan fingerprint density at radius 3 is 2.50 bits per heavy atom. The van der Waals surface area contributed by atoms with E-state index in [4.69, 9.17) is 4.74 Å². The summed E-state index contributed by atoms with van der Waals surface area (Å²) in [5.74, 6) is -1.98. The number of pyridine rings is 1. The van der Waals surface area contributed by atoms with Crippen LogP contribution < -0.4 is 15.6 Å². The number of nitrogens with one attached hydrogen (secondary N) is 2. The lowest BCUT2D eigenvalue weighted by atomic mass is 10.2. The van der Waals surface area contributed by atoms with Crippen LogP contribution in [0.2, 0.25) is 0 Å². The average Bonchev–Trinajstić information content (AvgIpc) is 2.66. The molecule has 0 radical (unpaired) electrons. The van der Waals surface area contributed by atoms with Crippen molar-refractivity contribution in [3.8, 4) is 11.6 Å². The van der Waals surface area contributed by atoms with E-state index in [2.05, 4.69) is 20.5 Å². The highest BCUT2D eigenvalue weighted by Crippen LogP contribution is 2.32. The molecule has 2 N–H and O–H groups in total. The van der Waals surface area contributed by atoms with Crippen molar-refractivity contribution in [1.82, 2.24) is 15.2 Å². The van der Waals surface area contributed by atoms with E-state index < -0.39 is 40.6 Å². The monoisotopic (exact) mass is 422 g/mol. The van der Waals surface area contributed by atoms with Crippen LogP contribution in [0.5, 0.6) is 11.6 Å². The molecule has 1 amide bonds. The van der Waals surface area contributed by atoms with Crippen LogP contribution in [0.4, 0.5) is 23.2 Å². The molecule has 30 heavy (non-hydrogen) atoms. The minimum Gasteiger partial charge on any atom is -0.437 e. The van der Waals surface area contributed by atoms with Crippen molar-refractivity contribution in [3.63, 3.8) is 0 Å². The lowest BCUT2D eigenvalue weighted by Crippen LogP contribution is -2.19. The lowest BCUT2D eigenvalue weighted by Gasteiger charge is -2.14. The summed E-state index contributed by atoms with van der Waals surface area (Å²) in [6.45, 7) is 3.09. The third kappa shape index (κ3) is 4.62. The van der Waals surface area contributed by atoms with E-state index in [0.29, 0.717) is 17.2 Å². The Labute approximate surface area is 166 Å². The topological polar surface area (TPSA) is 97.0 Å². The first kappa shape index (κ1) is 21.0. The normalized spacial score (nSPS) is 11.3. The molecule has 0 aliphatic rings. The van der Waals surface area contributed by atoms with E-state index in [9.17, 15) is 27.2 Å². The van der Waals surface area contributed by atoms with Gasteiger partial charge in [0.2, 0.25) is 5.56 Å². The maximum absolute atomic E-state index is 13.3. The van der Waals surface area contributed by atoms with Crippen molar-refractivity contribution in [1.29, 1.82) is 0 Å². The van der Waals surface area contributed by atoms with Gasteiger partial charge in [-0.15, -0.1) is 10.2 Å². The standard InChI is InChI=1S/C19H14F4N4O3/c1-9-5-11(20)3-4-14(9)30-18-12(6-15(26-27-18)19(21,22)23)17(29)25-13-7-16(28)24-8-10(13)2/h3-8H,1-2H3,(H2,24,25,28,29). The van der Waals surface area contributed by atoms with Gasteiger partial charge in [0.1, 0.15) is 17.1 Å². The zero-order chi connectivity index (χ0) is 22.1. The van der Waals surface area contributed by atoms with Crippen molar-refractivity contribution in [3.05, 3.63) is 75.1 Å². The maximum Gasteiger partial charge on any atom is 0.435 e. The van der Waals surface area contributed by atoms with Crippen LogP contribution in [-0.2, 0) is 6.18 Å². The molecule has 0 bridgehead atoms. The minimum absolute atomic E-state index is 0.0758. The number of aryl methyl sites for hydroxylation is 2. The summed E-state index contributed by atoms with van der Waals surface area (Å²) in [6.07, 6.45) is -3.52. The van der Waals surface area contributed by atoms with Crippen LogP contribution in [0, 0.1) is 19.7 Å². The zero-order valence-corrected chi connectivity index (χ0v) is 15.6. The van der Waals surface area contributed by atoms with Gasteiger partial charge in [0.15, 0.2) is 5.69 Å². The van der Waals surface area contributed by atoms with Crippen molar-refractivity contribution >= 4 is 11.6 Å². The Morgan fingerprint density at radius 2 is 1.83 bits per heavy atom. The highest BCUT2D eigenvalue weighted by molar-refractivity contribution is 6.06. The van der Waals surface area contributed by atoms with Gasteiger partial charge >= 0.3 is 6.18 Å². The highest BCUT2D eigenvalue weighted by Gasteiger charge is 2.35. The number of amides is 1. The Kier molecular flexibility index (Phi) is 5.54. The predicted molar refractivity (Wildman–Crippen MR) is 98.0 cm³/mol. The van der Waals surface area contributed by atoms with Crippen LogP contribution in [0.15, 0.2) is 41.3 Å². The number of rotatable bonds is 4. The average molecular weight is 422 g/mol. The lowest BCUT2D eigenvalue weighted by molar-refractivity contribution is -0.141. The molecule has 0 fully saturated rings. The summed E-state index contributed by atoms with van der Waals surface area (Å²) in [7, 11) is 0. The fourth-order valence-corrected chi connectivity index (χ4v) is 2.46. The van der Waals surface area contributed by atoms with Gasteiger partial charge in [0, 0.05) is 12.3 Å². The van der Waals surface area contributed by atoms with Gasteiger partial charge in [-0.05, 0) is 49.2 Å². The quantitative estimate of drug-likeness (QED) is 0.620. The third-order valence-electron chi connectivity index (χ3n) is 4.02. The molecular formula is C19H14F4N4O3. The van der Waals surface area contributed by atoms with Crippen molar-refractivity contribution in [2.75, 3.05) is 5.32 Å². The van der Waals surface area contributed by atoms with E-state index in [1.807, 2.05) is 0 Å². The molecule has 0 saturated heterocycles. The number of hydrogen-bond donors (Lipinski definition) is 2. The first-order valence-corrected chi connectivity index (χ1v) is 8.44. The molecule has 11 heteroatoms. The van der Waals surface area contributed by atoms with Crippen LogP contribution in [0.1, 0.15) is 27.2 Å². The molecule has 2 heterocycles. The number of anilines is 1. The van der Waals surface area contributed by atoms with Gasteiger partial charge < -0.3 is 15.0 Å².